The largest absolute Gasteiger partial charge is 0.472 e. The Hall–Kier alpha value is -2.05. The summed E-state index contributed by atoms with van der Waals surface area (Å²) in [4.78, 5) is 22.8. The van der Waals surface area contributed by atoms with Crippen molar-refractivity contribution in [3.8, 4) is 0 Å². The molecule has 2 aliphatic rings. The molecule has 2 saturated heterocycles. The van der Waals surface area contributed by atoms with Gasteiger partial charge >= 0.3 is 7.82 Å². The van der Waals surface area contributed by atoms with E-state index in [-0.39, 0.29) is 12.4 Å². The van der Waals surface area contributed by atoms with Gasteiger partial charge in [-0.05, 0) is 5.56 Å². The van der Waals surface area contributed by atoms with E-state index < -0.39 is 32.4 Å². The molecule has 31 heavy (non-hydrogen) atoms. The number of hydrogen-bond acceptors (Lipinski definition) is 10. The van der Waals surface area contributed by atoms with Crippen LogP contribution >= 0.6 is 19.6 Å². The lowest BCUT2D eigenvalue weighted by atomic mass is 10.1. The number of anilines is 1. The highest BCUT2D eigenvalue weighted by atomic mass is 32.2. The Morgan fingerprint density at radius 2 is 2.16 bits per heavy atom. The summed E-state index contributed by atoms with van der Waals surface area (Å²) in [5.41, 5.74) is 8.07. The van der Waals surface area contributed by atoms with Gasteiger partial charge in [-0.15, -0.1) is 0 Å². The minimum atomic E-state index is -4.17. The molecule has 2 aliphatic heterocycles. The molecule has 3 aromatic rings. The first-order chi connectivity index (χ1) is 15.0. The predicted octanol–water partition coefficient (Wildman–Crippen LogP) is 2.13. The van der Waals surface area contributed by atoms with Gasteiger partial charge in [-0.1, -0.05) is 42.1 Å². The molecule has 0 saturated carbocycles. The summed E-state index contributed by atoms with van der Waals surface area (Å²) in [6.07, 6.45) is -1.44. The Kier molecular flexibility index (Phi) is 5.47. The molecule has 164 valence electrons. The van der Waals surface area contributed by atoms with E-state index in [4.69, 9.17) is 24.3 Å². The number of nitrogens with two attached hydrogens (primary N) is 1. The summed E-state index contributed by atoms with van der Waals surface area (Å²) >= 11 is 1.48. The lowest BCUT2D eigenvalue weighted by Crippen LogP contribution is -2.40. The first-order valence-electron chi connectivity index (χ1n) is 9.46. The monoisotopic (exact) mass is 465 g/mol. The minimum absolute atomic E-state index is 0.0922. The first kappa shape index (κ1) is 20.8. The van der Waals surface area contributed by atoms with Gasteiger partial charge < -0.3 is 20.1 Å². The van der Waals surface area contributed by atoms with Crippen LogP contribution in [0.1, 0.15) is 11.8 Å². The number of aromatic nitrogens is 4. The van der Waals surface area contributed by atoms with E-state index in [2.05, 4.69) is 15.0 Å². The predicted molar refractivity (Wildman–Crippen MR) is 111 cm³/mol. The van der Waals surface area contributed by atoms with E-state index in [9.17, 15) is 9.46 Å². The number of ether oxygens (including phenoxy) is 2. The van der Waals surface area contributed by atoms with E-state index in [1.54, 1.807) is 4.57 Å². The Balaban J connectivity index is 1.55. The summed E-state index contributed by atoms with van der Waals surface area (Å²) in [7, 11) is -2.68. The number of phosphoric ester groups is 1. The maximum absolute atomic E-state index is 12.0. The van der Waals surface area contributed by atoms with Crippen molar-refractivity contribution in [1.82, 2.24) is 19.5 Å². The summed E-state index contributed by atoms with van der Waals surface area (Å²) in [5, 5.41) is 0.602. The molecule has 4 heterocycles. The highest BCUT2D eigenvalue weighted by Gasteiger charge is 2.54. The van der Waals surface area contributed by atoms with E-state index in [0.29, 0.717) is 22.1 Å². The normalized spacial score (nSPS) is 30.5. The van der Waals surface area contributed by atoms with Gasteiger partial charge in [0.25, 0.3) is 0 Å². The van der Waals surface area contributed by atoms with E-state index in [1.165, 1.54) is 25.2 Å². The third kappa shape index (κ3) is 3.85. The Morgan fingerprint density at radius 1 is 1.35 bits per heavy atom. The molecule has 3 N–H and O–H groups in total. The Labute approximate surface area is 181 Å². The summed E-state index contributed by atoms with van der Waals surface area (Å²) in [6, 6.07) is 9.95. The zero-order chi connectivity index (χ0) is 21.6. The molecule has 2 aromatic heterocycles. The fourth-order valence-electron chi connectivity index (χ4n) is 3.74. The van der Waals surface area contributed by atoms with Gasteiger partial charge in [0.2, 0.25) is 0 Å². The van der Waals surface area contributed by atoms with Crippen LogP contribution in [0, 0.1) is 0 Å². The second kappa shape index (κ2) is 8.14. The van der Waals surface area contributed by atoms with E-state index in [0.717, 1.165) is 5.56 Å². The molecule has 5 atom stereocenters. The highest BCUT2D eigenvalue weighted by molar-refractivity contribution is 7.98. The number of hydrogen-bond donors (Lipinski definition) is 2. The van der Waals surface area contributed by atoms with Crippen molar-refractivity contribution in [1.29, 1.82) is 0 Å². The number of methoxy groups -OCH3 is 1. The number of rotatable bonds is 5. The quantitative estimate of drug-likeness (QED) is 0.422. The van der Waals surface area contributed by atoms with Crippen molar-refractivity contribution < 1.29 is 28.0 Å². The van der Waals surface area contributed by atoms with Crippen molar-refractivity contribution in [2.45, 2.75) is 35.4 Å². The van der Waals surface area contributed by atoms with Gasteiger partial charge in [-0.25, -0.2) is 19.5 Å². The van der Waals surface area contributed by atoms with Crippen LogP contribution in [0.15, 0.2) is 41.8 Å². The fourth-order valence-corrected chi connectivity index (χ4v) is 5.67. The zero-order valence-electron chi connectivity index (χ0n) is 16.4. The van der Waals surface area contributed by atoms with Crippen molar-refractivity contribution in [2.75, 3.05) is 19.5 Å². The molecule has 5 rings (SSSR count). The summed E-state index contributed by atoms with van der Waals surface area (Å²) in [5.74, 6) is 0.898. The van der Waals surface area contributed by atoms with Crippen LogP contribution in [-0.2, 0) is 28.8 Å². The Morgan fingerprint density at radius 3 is 2.94 bits per heavy atom. The van der Waals surface area contributed by atoms with Crippen molar-refractivity contribution >= 4 is 36.6 Å². The number of nitrogens with zero attached hydrogens (tertiary/aromatic N) is 4. The molecule has 3 unspecified atom stereocenters. The lowest BCUT2D eigenvalue weighted by molar-refractivity contribution is -0.0690. The number of fused-ring (bicyclic) bond motifs is 2. The lowest BCUT2D eigenvalue weighted by Gasteiger charge is -2.29. The van der Waals surface area contributed by atoms with Crippen LogP contribution in [0.2, 0.25) is 0 Å². The standard InChI is InChI=1S/C18H20N5O6PS/c1-26-14-13-11(7-27-30(24,25)29-13)28-17(14)23-16-12(15(19)20-9-21-16)22-18(23)31-8-10-5-3-2-4-6-10/h2-6,9,11,13-14,17H,7-8H2,1H3,(H,24,25)(H2,19,20,21)/t11-,13-,14?,17?/m1/s1. The third-order valence-corrected chi connectivity index (χ3v) is 7.16. The maximum Gasteiger partial charge on any atom is 0.472 e. The Bertz CT molecular complexity index is 1150. The first-order valence-corrected chi connectivity index (χ1v) is 11.9. The van der Waals surface area contributed by atoms with Gasteiger partial charge in [-0.2, -0.15) is 0 Å². The fraction of sp³-hybridized carbons (Fsp3) is 0.389. The smallest absolute Gasteiger partial charge is 0.382 e. The van der Waals surface area contributed by atoms with Gasteiger partial charge in [-0.3, -0.25) is 13.6 Å². The highest BCUT2D eigenvalue weighted by Crippen LogP contribution is 2.53. The van der Waals surface area contributed by atoms with Gasteiger partial charge in [0.05, 0.1) is 6.61 Å². The van der Waals surface area contributed by atoms with Crippen LogP contribution in [0.3, 0.4) is 0 Å². The second-order valence-corrected chi connectivity index (χ2v) is 9.42. The molecule has 0 radical (unpaired) electrons. The van der Waals surface area contributed by atoms with Crippen molar-refractivity contribution in [2.24, 2.45) is 0 Å². The molecule has 2 fully saturated rings. The topological polar surface area (TPSA) is 144 Å². The van der Waals surface area contributed by atoms with Gasteiger partial charge in [0.15, 0.2) is 28.4 Å². The molecule has 0 spiro atoms. The molecule has 0 amide bonds. The van der Waals surface area contributed by atoms with E-state index >= 15 is 0 Å². The summed E-state index contributed by atoms with van der Waals surface area (Å²) in [6.45, 7) is -0.0922. The van der Waals surface area contributed by atoms with Crippen LogP contribution in [0.25, 0.3) is 11.2 Å². The average molecular weight is 465 g/mol. The second-order valence-electron chi connectivity index (χ2n) is 7.07. The molecule has 13 heteroatoms. The molecular formula is C18H20N5O6PS. The molecule has 1 aromatic carbocycles. The van der Waals surface area contributed by atoms with Crippen LogP contribution in [0.5, 0.6) is 0 Å². The minimum Gasteiger partial charge on any atom is -0.382 e. The van der Waals surface area contributed by atoms with Crippen LogP contribution < -0.4 is 5.73 Å². The average Bonchev–Trinajstić information content (AvgIpc) is 3.30. The maximum atomic E-state index is 12.0. The molecule has 0 bridgehead atoms. The number of benzene rings is 1. The summed E-state index contributed by atoms with van der Waals surface area (Å²) < 4.78 is 35.7. The number of thioether (sulfide) groups is 1. The van der Waals surface area contributed by atoms with E-state index in [1.807, 2.05) is 30.3 Å². The SMILES string of the molecule is COC1C(n2c(SCc3ccccc3)nc3c(N)ncnc32)O[C@@H]2COP(=O)(O)O[C@@H]12. The van der Waals surface area contributed by atoms with Gasteiger partial charge in [0.1, 0.15) is 24.6 Å². The van der Waals surface area contributed by atoms with Crippen molar-refractivity contribution in [3.05, 3.63) is 42.2 Å². The third-order valence-electron chi connectivity index (χ3n) is 5.15. The zero-order valence-corrected chi connectivity index (χ0v) is 18.1. The van der Waals surface area contributed by atoms with Gasteiger partial charge in [0, 0.05) is 12.9 Å². The number of nitrogen functional groups attached to an aromatic ring is 1. The van der Waals surface area contributed by atoms with Crippen LogP contribution in [0.4, 0.5) is 5.82 Å². The number of imidazole rings is 1. The molecular weight excluding hydrogens is 445 g/mol. The number of phosphoric acid groups is 1. The molecule has 0 aliphatic carbocycles. The van der Waals surface area contributed by atoms with Crippen LogP contribution in [-0.4, -0.2) is 56.4 Å². The van der Waals surface area contributed by atoms with Crippen molar-refractivity contribution in [3.63, 3.8) is 0 Å². The molecule has 11 nitrogen and oxygen atoms in total.